The Bertz CT molecular complexity index is 336. The van der Waals surface area contributed by atoms with Crippen LogP contribution in [-0.2, 0) is 6.42 Å². The van der Waals surface area contributed by atoms with Crippen LogP contribution >= 0.6 is 22.6 Å². The minimum Gasteiger partial charge on any atom is -0.398 e. The standard InChI is InChI=1S/C10H13IN2/c11-8-4-6-2-1-3-9(12)7(6)5-10(8)13/h4-5,9H,1-3,12-13H2/t9-/m0/s1. The molecule has 1 aliphatic carbocycles. The SMILES string of the molecule is Nc1cc2c(cc1I)CCC[C@@H]2N. The second-order valence-corrected chi connectivity index (χ2v) is 4.73. The summed E-state index contributed by atoms with van der Waals surface area (Å²) in [6, 6.07) is 4.41. The van der Waals surface area contributed by atoms with Crippen LogP contribution in [0.4, 0.5) is 5.69 Å². The van der Waals surface area contributed by atoms with E-state index in [0.717, 1.165) is 22.1 Å². The normalized spacial score (nSPS) is 21.2. The van der Waals surface area contributed by atoms with Gasteiger partial charge in [-0.25, -0.2) is 0 Å². The van der Waals surface area contributed by atoms with E-state index in [1.807, 2.05) is 6.07 Å². The van der Waals surface area contributed by atoms with Crippen LogP contribution in [0.3, 0.4) is 0 Å². The molecule has 70 valence electrons. The molecule has 0 aliphatic heterocycles. The number of anilines is 1. The third-order valence-corrected chi connectivity index (χ3v) is 3.55. The summed E-state index contributed by atoms with van der Waals surface area (Å²) in [7, 11) is 0. The van der Waals surface area contributed by atoms with Gasteiger partial charge in [0.25, 0.3) is 0 Å². The lowest BCUT2D eigenvalue weighted by molar-refractivity contribution is 0.570. The zero-order chi connectivity index (χ0) is 9.42. The number of nitrogen functional groups attached to an aromatic ring is 1. The molecule has 0 aromatic heterocycles. The molecule has 1 aromatic rings. The van der Waals surface area contributed by atoms with Gasteiger partial charge in [-0.15, -0.1) is 0 Å². The summed E-state index contributed by atoms with van der Waals surface area (Å²) < 4.78 is 1.14. The van der Waals surface area contributed by atoms with Crippen LogP contribution in [0.5, 0.6) is 0 Å². The zero-order valence-electron chi connectivity index (χ0n) is 7.39. The number of fused-ring (bicyclic) bond motifs is 1. The van der Waals surface area contributed by atoms with E-state index >= 15 is 0 Å². The summed E-state index contributed by atoms with van der Waals surface area (Å²) in [5.41, 5.74) is 15.3. The molecule has 2 nitrogen and oxygen atoms in total. The molecule has 0 amide bonds. The van der Waals surface area contributed by atoms with Gasteiger partial charge in [-0.3, -0.25) is 0 Å². The highest BCUT2D eigenvalue weighted by Gasteiger charge is 2.17. The fourth-order valence-electron chi connectivity index (χ4n) is 1.88. The third kappa shape index (κ3) is 1.67. The van der Waals surface area contributed by atoms with Gasteiger partial charge in [0.1, 0.15) is 0 Å². The minimum absolute atomic E-state index is 0.197. The topological polar surface area (TPSA) is 52.0 Å². The lowest BCUT2D eigenvalue weighted by Gasteiger charge is -2.22. The lowest BCUT2D eigenvalue weighted by Crippen LogP contribution is -2.18. The molecule has 13 heavy (non-hydrogen) atoms. The van der Waals surface area contributed by atoms with E-state index in [-0.39, 0.29) is 6.04 Å². The van der Waals surface area contributed by atoms with Gasteiger partial charge < -0.3 is 11.5 Å². The maximum atomic E-state index is 6.01. The van der Waals surface area contributed by atoms with E-state index in [0.29, 0.717) is 0 Å². The highest BCUT2D eigenvalue weighted by molar-refractivity contribution is 14.1. The summed E-state index contributed by atoms with van der Waals surface area (Å²) >= 11 is 2.27. The molecule has 0 bridgehead atoms. The van der Waals surface area contributed by atoms with Crippen molar-refractivity contribution in [1.82, 2.24) is 0 Å². The first kappa shape index (κ1) is 9.27. The molecule has 0 saturated carbocycles. The van der Waals surface area contributed by atoms with Gasteiger partial charge in [0.2, 0.25) is 0 Å². The number of hydrogen-bond acceptors (Lipinski definition) is 2. The van der Waals surface area contributed by atoms with Crippen LogP contribution in [0.1, 0.15) is 30.0 Å². The number of benzene rings is 1. The van der Waals surface area contributed by atoms with E-state index < -0.39 is 0 Å². The van der Waals surface area contributed by atoms with Gasteiger partial charge in [0, 0.05) is 15.3 Å². The molecule has 1 atom stereocenters. The third-order valence-electron chi connectivity index (χ3n) is 2.62. The summed E-state index contributed by atoms with van der Waals surface area (Å²) in [4.78, 5) is 0. The van der Waals surface area contributed by atoms with Gasteiger partial charge in [-0.05, 0) is 65.1 Å². The van der Waals surface area contributed by atoms with Crippen molar-refractivity contribution >= 4 is 28.3 Å². The van der Waals surface area contributed by atoms with Gasteiger partial charge in [-0.1, -0.05) is 0 Å². The first-order valence-electron chi connectivity index (χ1n) is 4.52. The first-order valence-corrected chi connectivity index (χ1v) is 5.59. The predicted octanol–water partition coefficient (Wildman–Crippen LogP) is 2.21. The monoisotopic (exact) mass is 288 g/mol. The highest BCUT2D eigenvalue weighted by atomic mass is 127. The van der Waals surface area contributed by atoms with Crippen LogP contribution in [0.15, 0.2) is 12.1 Å². The van der Waals surface area contributed by atoms with Crippen LogP contribution < -0.4 is 11.5 Å². The molecule has 4 N–H and O–H groups in total. The fourth-order valence-corrected chi connectivity index (χ4v) is 2.41. The van der Waals surface area contributed by atoms with Crippen molar-refractivity contribution in [2.75, 3.05) is 5.73 Å². The molecular formula is C10H13IN2. The van der Waals surface area contributed by atoms with Crippen molar-refractivity contribution < 1.29 is 0 Å². The molecule has 3 heteroatoms. The van der Waals surface area contributed by atoms with Crippen LogP contribution in [0.2, 0.25) is 0 Å². The summed E-state index contributed by atoms with van der Waals surface area (Å²) in [6.07, 6.45) is 3.44. The molecule has 0 radical (unpaired) electrons. The van der Waals surface area contributed by atoms with E-state index in [4.69, 9.17) is 11.5 Å². The minimum atomic E-state index is 0.197. The Hall–Kier alpha value is -0.290. The second kappa shape index (κ2) is 3.46. The van der Waals surface area contributed by atoms with Crippen LogP contribution in [-0.4, -0.2) is 0 Å². The molecule has 0 heterocycles. The molecule has 1 aliphatic rings. The maximum Gasteiger partial charge on any atom is 0.0453 e. The molecule has 2 rings (SSSR count). The van der Waals surface area contributed by atoms with Gasteiger partial charge >= 0.3 is 0 Å². The van der Waals surface area contributed by atoms with Crippen molar-refractivity contribution in [2.24, 2.45) is 5.73 Å². The van der Waals surface area contributed by atoms with Crippen molar-refractivity contribution in [3.05, 3.63) is 26.8 Å². The van der Waals surface area contributed by atoms with Crippen molar-refractivity contribution in [1.29, 1.82) is 0 Å². The highest BCUT2D eigenvalue weighted by Crippen LogP contribution is 2.31. The largest absolute Gasteiger partial charge is 0.398 e. The first-order chi connectivity index (χ1) is 6.18. The smallest absolute Gasteiger partial charge is 0.0453 e. The summed E-state index contributed by atoms with van der Waals surface area (Å²) in [6.45, 7) is 0. The average molecular weight is 288 g/mol. The molecule has 1 aromatic carbocycles. The fraction of sp³-hybridized carbons (Fsp3) is 0.400. The second-order valence-electron chi connectivity index (χ2n) is 3.57. The molecule has 0 fully saturated rings. The van der Waals surface area contributed by atoms with Gasteiger partial charge in [0.15, 0.2) is 0 Å². The summed E-state index contributed by atoms with van der Waals surface area (Å²) in [5, 5.41) is 0. The number of aryl methyl sites for hydroxylation is 1. The van der Waals surface area contributed by atoms with Crippen molar-refractivity contribution in [3.63, 3.8) is 0 Å². The van der Waals surface area contributed by atoms with E-state index in [9.17, 15) is 0 Å². The zero-order valence-corrected chi connectivity index (χ0v) is 9.54. The van der Waals surface area contributed by atoms with Gasteiger partial charge in [0.05, 0.1) is 0 Å². The number of halogens is 1. The number of hydrogen-bond donors (Lipinski definition) is 2. The van der Waals surface area contributed by atoms with Gasteiger partial charge in [-0.2, -0.15) is 0 Å². The van der Waals surface area contributed by atoms with Crippen molar-refractivity contribution in [3.8, 4) is 0 Å². The Morgan fingerprint density at radius 3 is 2.92 bits per heavy atom. The van der Waals surface area contributed by atoms with E-state index in [1.165, 1.54) is 17.5 Å². The Labute approximate surface area is 91.8 Å². The number of rotatable bonds is 0. The summed E-state index contributed by atoms with van der Waals surface area (Å²) in [5.74, 6) is 0. The predicted molar refractivity (Wildman–Crippen MR) is 63.4 cm³/mol. The average Bonchev–Trinajstić information content (AvgIpc) is 2.09. The molecule has 0 unspecified atom stereocenters. The maximum absolute atomic E-state index is 6.01. The quantitative estimate of drug-likeness (QED) is 0.568. The van der Waals surface area contributed by atoms with E-state index in [1.54, 1.807) is 0 Å². The van der Waals surface area contributed by atoms with E-state index in [2.05, 4.69) is 28.7 Å². The number of nitrogens with two attached hydrogens (primary N) is 2. The Balaban J connectivity index is 2.52. The lowest BCUT2D eigenvalue weighted by atomic mass is 9.88. The Morgan fingerprint density at radius 1 is 1.38 bits per heavy atom. The molecular weight excluding hydrogens is 275 g/mol. The van der Waals surface area contributed by atoms with Crippen molar-refractivity contribution in [2.45, 2.75) is 25.3 Å². The molecule has 0 saturated heterocycles. The molecule has 0 spiro atoms. The Morgan fingerprint density at radius 2 is 2.15 bits per heavy atom. The van der Waals surface area contributed by atoms with Crippen LogP contribution in [0, 0.1) is 3.57 Å². The Kier molecular flexibility index (Phi) is 2.47. The van der Waals surface area contributed by atoms with Crippen LogP contribution in [0.25, 0.3) is 0 Å².